The van der Waals surface area contributed by atoms with Gasteiger partial charge in [-0.15, -0.1) is 0 Å². The zero-order valence-electron chi connectivity index (χ0n) is 14.8. The average Bonchev–Trinajstić information content (AvgIpc) is 3.16. The number of esters is 1. The Morgan fingerprint density at radius 2 is 1.85 bits per heavy atom. The van der Waals surface area contributed by atoms with Crippen LogP contribution in [0.4, 0.5) is 0 Å². The highest BCUT2D eigenvalue weighted by molar-refractivity contribution is 7.89. The fourth-order valence-electron chi connectivity index (χ4n) is 2.30. The normalized spacial score (nSPS) is 11.5. The van der Waals surface area contributed by atoms with Crippen LogP contribution in [-0.2, 0) is 21.4 Å². The first-order valence-electron chi connectivity index (χ1n) is 8.07. The van der Waals surface area contributed by atoms with E-state index in [1.807, 2.05) is 30.3 Å². The summed E-state index contributed by atoms with van der Waals surface area (Å²) in [4.78, 5) is 16.6. The van der Waals surface area contributed by atoms with Gasteiger partial charge >= 0.3 is 5.97 Å². The first kappa shape index (κ1) is 18.8. The molecule has 0 aliphatic heterocycles. The molecular formula is C19H18N2O5S. The molecule has 3 rings (SSSR count). The summed E-state index contributed by atoms with van der Waals surface area (Å²) in [5.41, 5.74) is 1.42. The SMILES string of the molecule is CN(C)S(=O)(=O)c1cccc(C(=O)OCc2coc(-c3ccccc3)n2)c1. The maximum Gasteiger partial charge on any atom is 0.338 e. The molecule has 2 aromatic carbocycles. The van der Waals surface area contributed by atoms with Crippen molar-refractivity contribution >= 4 is 16.0 Å². The third-order valence-corrected chi connectivity index (χ3v) is 5.58. The summed E-state index contributed by atoms with van der Waals surface area (Å²) >= 11 is 0. The average molecular weight is 386 g/mol. The molecule has 0 spiro atoms. The van der Waals surface area contributed by atoms with Crippen molar-refractivity contribution in [2.75, 3.05) is 14.1 Å². The number of aromatic nitrogens is 1. The number of carbonyl (C=O) groups is 1. The number of carbonyl (C=O) groups excluding carboxylic acids is 1. The molecule has 0 bridgehead atoms. The highest BCUT2D eigenvalue weighted by Gasteiger charge is 2.19. The van der Waals surface area contributed by atoms with E-state index < -0.39 is 16.0 Å². The van der Waals surface area contributed by atoms with Crippen LogP contribution < -0.4 is 0 Å². The fourth-order valence-corrected chi connectivity index (χ4v) is 3.25. The monoisotopic (exact) mass is 386 g/mol. The standard InChI is InChI=1S/C19H18N2O5S/c1-21(2)27(23,24)17-10-6-9-15(11-17)19(22)26-13-16-12-25-18(20-16)14-7-4-3-5-8-14/h3-12H,13H2,1-2H3. The van der Waals surface area contributed by atoms with Crippen molar-refractivity contribution in [1.29, 1.82) is 0 Å². The number of rotatable bonds is 6. The van der Waals surface area contributed by atoms with E-state index in [4.69, 9.17) is 9.15 Å². The zero-order valence-corrected chi connectivity index (χ0v) is 15.6. The van der Waals surface area contributed by atoms with E-state index in [2.05, 4.69) is 4.98 Å². The maximum atomic E-state index is 12.3. The molecule has 0 saturated heterocycles. The number of hydrogen-bond donors (Lipinski definition) is 0. The third kappa shape index (κ3) is 4.24. The topological polar surface area (TPSA) is 89.7 Å². The summed E-state index contributed by atoms with van der Waals surface area (Å²) in [6, 6.07) is 15.1. The number of benzene rings is 2. The second-order valence-corrected chi connectivity index (χ2v) is 8.05. The Bertz CT molecular complexity index is 1040. The van der Waals surface area contributed by atoms with Crippen LogP contribution in [0.2, 0.25) is 0 Å². The number of nitrogens with zero attached hydrogens (tertiary/aromatic N) is 2. The molecule has 0 saturated carbocycles. The van der Waals surface area contributed by atoms with Gasteiger partial charge in [0.1, 0.15) is 18.6 Å². The molecule has 0 aliphatic rings. The van der Waals surface area contributed by atoms with Crippen molar-refractivity contribution in [2.24, 2.45) is 0 Å². The Kier molecular flexibility index (Phi) is 5.38. The molecule has 0 aliphatic carbocycles. The van der Waals surface area contributed by atoms with E-state index in [9.17, 15) is 13.2 Å². The Balaban J connectivity index is 1.69. The minimum absolute atomic E-state index is 0.0229. The number of hydrogen-bond acceptors (Lipinski definition) is 6. The molecule has 140 valence electrons. The van der Waals surface area contributed by atoms with E-state index in [1.54, 1.807) is 0 Å². The fraction of sp³-hybridized carbons (Fsp3) is 0.158. The molecule has 0 amide bonds. The largest absolute Gasteiger partial charge is 0.455 e. The lowest BCUT2D eigenvalue weighted by molar-refractivity contribution is 0.0467. The maximum absolute atomic E-state index is 12.3. The van der Waals surface area contributed by atoms with Crippen LogP contribution in [0.5, 0.6) is 0 Å². The highest BCUT2D eigenvalue weighted by Crippen LogP contribution is 2.19. The molecule has 1 aromatic heterocycles. The number of oxazole rings is 1. The van der Waals surface area contributed by atoms with Crippen LogP contribution in [-0.4, -0.2) is 37.8 Å². The Hall–Kier alpha value is -2.97. The van der Waals surface area contributed by atoms with E-state index in [0.717, 1.165) is 9.87 Å². The van der Waals surface area contributed by atoms with Gasteiger partial charge in [0.15, 0.2) is 0 Å². The van der Waals surface area contributed by atoms with Gasteiger partial charge in [-0.3, -0.25) is 0 Å². The van der Waals surface area contributed by atoms with Crippen molar-refractivity contribution in [3.63, 3.8) is 0 Å². The molecule has 27 heavy (non-hydrogen) atoms. The van der Waals surface area contributed by atoms with Gasteiger partial charge in [0.25, 0.3) is 0 Å². The third-order valence-electron chi connectivity index (χ3n) is 3.77. The van der Waals surface area contributed by atoms with Crippen LogP contribution in [0.1, 0.15) is 16.1 Å². The molecule has 0 unspecified atom stereocenters. The number of ether oxygens (including phenoxy) is 1. The van der Waals surface area contributed by atoms with Gasteiger partial charge in [0, 0.05) is 19.7 Å². The van der Waals surface area contributed by atoms with Gasteiger partial charge in [-0.25, -0.2) is 22.5 Å². The summed E-state index contributed by atoms with van der Waals surface area (Å²) in [5, 5.41) is 0. The summed E-state index contributed by atoms with van der Waals surface area (Å²) in [7, 11) is -0.777. The molecule has 7 nitrogen and oxygen atoms in total. The van der Waals surface area contributed by atoms with Crippen molar-refractivity contribution in [3.8, 4) is 11.5 Å². The van der Waals surface area contributed by atoms with Crippen LogP contribution >= 0.6 is 0 Å². The first-order valence-corrected chi connectivity index (χ1v) is 9.51. The first-order chi connectivity index (χ1) is 12.9. The minimum atomic E-state index is -3.63. The lowest BCUT2D eigenvalue weighted by atomic mass is 10.2. The quantitative estimate of drug-likeness (QED) is 0.605. The summed E-state index contributed by atoms with van der Waals surface area (Å²) in [6.45, 7) is -0.0835. The van der Waals surface area contributed by atoms with Crippen molar-refractivity contribution in [1.82, 2.24) is 9.29 Å². The highest BCUT2D eigenvalue weighted by atomic mass is 32.2. The lowest BCUT2D eigenvalue weighted by Gasteiger charge is -2.12. The van der Waals surface area contributed by atoms with Gasteiger partial charge < -0.3 is 9.15 Å². The van der Waals surface area contributed by atoms with Gasteiger partial charge in [0.2, 0.25) is 15.9 Å². The summed E-state index contributed by atoms with van der Waals surface area (Å²) < 4.78 is 36.0. The van der Waals surface area contributed by atoms with Gasteiger partial charge in [-0.2, -0.15) is 0 Å². The van der Waals surface area contributed by atoms with Crippen LogP contribution in [0.3, 0.4) is 0 Å². The van der Waals surface area contributed by atoms with Crippen molar-refractivity contribution in [2.45, 2.75) is 11.5 Å². The zero-order chi connectivity index (χ0) is 19.4. The van der Waals surface area contributed by atoms with Gasteiger partial charge in [-0.05, 0) is 30.3 Å². The molecule has 3 aromatic rings. The van der Waals surface area contributed by atoms with Crippen LogP contribution in [0.25, 0.3) is 11.5 Å². The van der Waals surface area contributed by atoms with Gasteiger partial charge in [-0.1, -0.05) is 24.3 Å². The molecule has 8 heteroatoms. The van der Waals surface area contributed by atoms with Crippen molar-refractivity contribution in [3.05, 3.63) is 72.1 Å². The second-order valence-electron chi connectivity index (χ2n) is 5.90. The Morgan fingerprint density at radius 1 is 1.11 bits per heavy atom. The molecule has 0 atom stereocenters. The van der Waals surface area contributed by atoms with E-state index in [0.29, 0.717) is 11.6 Å². The van der Waals surface area contributed by atoms with E-state index >= 15 is 0 Å². The Labute approximate surface area is 157 Å². The van der Waals surface area contributed by atoms with Gasteiger partial charge in [0.05, 0.1) is 10.5 Å². The molecule has 0 N–H and O–H groups in total. The van der Waals surface area contributed by atoms with E-state index in [1.165, 1.54) is 44.6 Å². The molecule has 0 fully saturated rings. The predicted molar refractivity (Wildman–Crippen MR) is 98.4 cm³/mol. The Morgan fingerprint density at radius 3 is 2.56 bits per heavy atom. The smallest absolute Gasteiger partial charge is 0.338 e. The molecule has 1 heterocycles. The molecular weight excluding hydrogens is 368 g/mol. The lowest BCUT2D eigenvalue weighted by Crippen LogP contribution is -2.22. The second kappa shape index (κ2) is 7.73. The summed E-state index contributed by atoms with van der Waals surface area (Å²) in [6.07, 6.45) is 1.42. The molecule has 0 radical (unpaired) electrons. The number of sulfonamides is 1. The minimum Gasteiger partial charge on any atom is -0.455 e. The summed E-state index contributed by atoms with van der Waals surface area (Å²) in [5.74, 6) is -0.212. The van der Waals surface area contributed by atoms with Crippen LogP contribution in [0.15, 0.2) is 70.2 Å². The van der Waals surface area contributed by atoms with E-state index in [-0.39, 0.29) is 17.1 Å². The van der Waals surface area contributed by atoms with Crippen molar-refractivity contribution < 1.29 is 22.4 Å². The van der Waals surface area contributed by atoms with Crippen LogP contribution in [0, 0.1) is 0 Å². The predicted octanol–water partition coefficient (Wildman–Crippen LogP) is 2.95.